The number of anilines is 1. The van der Waals surface area contributed by atoms with E-state index in [0.717, 1.165) is 0 Å². The van der Waals surface area contributed by atoms with Crippen molar-refractivity contribution in [2.24, 2.45) is 0 Å². The van der Waals surface area contributed by atoms with Gasteiger partial charge in [0.05, 0.1) is 19.2 Å². The van der Waals surface area contributed by atoms with Crippen molar-refractivity contribution in [3.05, 3.63) is 23.8 Å². The van der Waals surface area contributed by atoms with Crippen LogP contribution in [0.5, 0.6) is 5.75 Å². The molecular weight excluding hydrogens is 288 g/mol. The van der Waals surface area contributed by atoms with Gasteiger partial charge in [0.25, 0.3) is 0 Å². The lowest BCUT2D eigenvalue weighted by molar-refractivity contribution is 0.0519. The third kappa shape index (κ3) is 5.90. The Kier molecular flexibility index (Phi) is 6.03. The van der Waals surface area contributed by atoms with Crippen molar-refractivity contribution >= 4 is 17.7 Å². The second-order valence-corrected chi connectivity index (χ2v) is 5.52. The highest BCUT2D eigenvalue weighted by Crippen LogP contribution is 2.20. The second kappa shape index (κ2) is 7.53. The third-order valence-corrected chi connectivity index (χ3v) is 2.47. The largest absolute Gasteiger partial charge is 0.492 e. The van der Waals surface area contributed by atoms with Gasteiger partial charge in [-0.15, -0.1) is 0 Å². The van der Waals surface area contributed by atoms with Crippen molar-refractivity contribution in [2.45, 2.75) is 26.4 Å². The average molecular weight is 310 g/mol. The highest BCUT2D eigenvalue weighted by Gasteiger charge is 2.15. The first-order valence-electron chi connectivity index (χ1n) is 6.80. The zero-order chi connectivity index (χ0) is 16.8. The average Bonchev–Trinajstić information content (AvgIpc) is 2.41. The number of nitrogens with one attached hydrogen (secondary N) is 1. The lowest BCUT2D eigenvalue weighted by atomic mass is 10.2. The number of hydrogen-bond acceptors (Lipinski definition) is 6. The van der Waals surface area contributed by atoms with Gasteiger partial charge >= 0.3 is 12.1 Å². The van der Waals surface area contributed by atoms with Crippen LogP contribution in [0.3, 0.4) is 0 Å². The number of carbonyl (C=O) groups is 2. The van der Waals surface area contributed by atoms with E-state index < -0.39 is 17.7 Å². The van der Waals surface area contributed by atoms with E-state index in [1.807, 2.05) is 0 Å². The van der Waals surface area contributed by atoms with Crippen molar-refractivity contribution in [3.63, 3.8) is 0 Å². The first-order chi connectivity index (χ1) is 10.2. The molecule has 1 aromatic carbocycles. The topological polar surface area (TPSA) is 99.9 Å². The van der Waals surface area contributed by atoms with Gasteiger partial charge < -0.3 is 25.3 Å². The summed E-state index contributed by atoms with van der Waals surface area (Å²) in [7, 11) is 1.29. The molecule has 22 heavy (non-hydrogen) atoms. The van der Waals surface area contributed by atoms with Gasteiger partial charge in [0.15, 0.2) is 0 Å². The normalized spacial score (nSPS) is 10.7. The molecule has 7 heteroatoms. The van der Waals surface area contributed by atoms with E-state index in [9.17, 15) is 9.59 Å². The molecule has 0 aliphatic rings. The van der Waals surface area contributed by atoms with Gasteiger partial charge in [-0.25, -0.2) is 9.59 Å². The second-order valence-electron chi connectivity index (χ2n) is 5.52. The fraction of sp³-hybridized carbons (Fsp3) is 0.467. The number of esters is 1. The lowest BCUT2D eigenvalue weighted by Crippen LogP contribution is -2.34. The number of nitrogens with two attached hydrogens (primary N) is 1. The van der Waals surface area contributed by atoms with Gasteiger partial charge in [-0.1, -0.05) is 0 Å². The molecule has 1 amide bonds. The summed E-state index contributed by atoms with van der Waals surface area (Å²) in [5.41, 5.74) is 5.76. The molecule has 0 saturated heterocycles. The monoisotopic (exact) mass is 310 g/mol. The van der Waals surface area contributed by atoms with E-state index in [-0.39, 0.29) is 24.4 Å². The summed E-state index contributed by atoms with van der Waals surface area (Å²) in [5.74, 6) is -0.00761. The van der Waals surface area contributed by atoms with Crippen molar-refractivity contribution in [3.8, 4) is 5.75 Å². The van der Waals surface area contributed by atoms with Crippen LogP contribution in [0.15, 0.2) is 18.2 Å². The van der Waals surface area contributed by atoms with Crippen LogP contribution in [0.4, 0.5) is 10.5 Å². The Morgan fingerprint density at radius 3 is 2.50 bits per heavy atom. The van der Waals surface area contributed by atoms with Crippen LogP contribution in [-0.4, -0.2) is 37.9 Å². The molecule has 3 N–H and O–H groups in total. The van der Waals surface area contributed by atoms with Crippen LogP contribution >= 0.6 is 0 Å². The molecule has 122 valence electrons. The maximum atomic E-state index is 11.4. The number of amides is 1. The smallest absolute Gasteiger partial charge is 0.407 e. The van der Waals surface area contributed by atoms with Crippen molar-refractivity contribution in [1.82, 2.24) is 5.32 Å². The van der Waals surface area contributed by atoms with Gasteiger partial charge in [0.2, 0.25) is 0 Å². The third-order valence-electron chi connectivity index (χ3n) is 2.47. The molecule has 0 spiro atoms. The van der Waals surface area contributed by atoms with Crippen molar-refractivity contribution < 1.29 is 23.8 Å². The van der Waals surface area contributed by atoms with Crippen LogP contribution in [-0.2, 0) is 9.47 Å². The van der Waals surface area contributed by atoms with Crippen LogP contribution < -0.4 is 15.8 Å². The Bertz CT molecular complexity index is 537. The number of ether oxygens (including phenoxy) is 3. The summed E-state index contributed by atoms with van der Waals surface area (Å²) in [4.78, 5) is 22.8. The standard InChI is InChI=1S/C15H22N2O5/c1-15(2,3)22-14(19)17-7-8-21-10-5-6-11(12(16)9-10)13(18)20-4/h5-6,9H,7-8,16H2,1-4H3,(H,17,19). The van der Waals surface area contributed by atoms with Gasteiger partial charge in [-0.05, 0) is 32.9 Å². The first-order valence-corrected chi connectivity index (χ1v) is 6.80. The number of nitrogen functional groups attached to an aromatic ring is 1. The molecule has 7 nitrogen and oxygen atoms in total. The predicted molar refractivity (Wildman–Crippen MR) is 81.9 cm³/mol. The Balaban J connectivity index is 2.41. The molecule has 0 aliphatic heterocycles. The minimum atomic E-state index is -0.539. The number of hydrogen-bond donors (Lipinski definition) is 2. The molecule has 0 atom stereocenters. The van der Waals surface area contributed by atoms with E-state index in [2.05, 4.69) is 10.1 Å². The molecule has 1 aromatic rings. The quantitative estimate of drug-likeness (QED) is 0.490. The molecule has 0 fully saturated rings. The Labute approximate surface area is 129 Å². The number of alkyl carbamates (subject to hydrolysis) is 1. The number of methoxy groups -OCH3 is 1. The van der Waals surface area contributed by atoms with Crippen molar-refractivity contribution in [1.29, 1.82) is 0 Å². The van der Waals surface area contributed by atoms with Crippen LogP contribution in [0, 0.1) is 0 Å². The maximum absolute atomic E-state index is 11.4. The minimum Gasteiger partial charge on any atom is -0.492 e. The van der Waals surface area contributed by atoms with Crippen LogP contribution in [0.1, 0.15) is 31.1 Å². The summed E-state index contributed by atoms with van der Waals surface area (Å²) in [5, 5.41) is 2.57. The van der Waals surface area contributed by atoms with Crippen LogP contribution in [0.2, 0.25) is 0 Å². The SMILES string of the molecule is COC(=O)c1ccc(OCCNC(=O)OC(C)(C)C)cc1N. The zero-order valence-corrected chi connectivity index (χ0v) is 13.3. The molecule has 0 unspecified atom stereocenters. The molecule has 0 aromatic heterocycles. The van der Waals surface area contributed by atoms with E-state index in [1.54, 1.807) is 26.8 Å². The van der Waals surface area contributed by atoms with Gasteiger partial charge in [0.1, 0.15) is 18.0 Å². The summed E-state index contributed by atoms with van der Waals surface area (Å²) < 4.78 is 15.1. The number of carbonyl (C=O) groups excluding carboxylic acids is 2. The van der Waals surface area contributed by atoms with Gasteiger partial charge in [-0.3, -0.25) is 0 Å². The Morgan fingerprint density at radius 2 is 1.95 bits per heavy atom. The Hall–Kier alpha value is -2.44. The molecule has 0 aliphatic carbocycles. The van der Waals surface area contributed by atoms with Gasteiger partial charge in [0, 0.05) is 11.8 Å². The summed E-state index contributed by atoms with van der Waals surface area (Å²) in [6.07, 6.45) is -0.503. The van der Waals surface area contributed by atoms with E-state index >= 15 is 0 Å². The molecule has 0 radical (unpaired) electrons. The van der Waals surface area contributed by atoms with Crippen LogP contribution in [0.25, 0.3) is 0 Å². The number of benzene rings is 1. The van der Waals surface area contributed by atoms with E-state index in [0.29, 0.717) is 5.75 Å². The van der Waals surface area contributed by atoms with E-state index in [4.69, 9.17) is 15.2 Å². The molecule has 1 rings (SSSR count). The molecule has 0 bridgehead atoms. The summed E-state index contributed by atoms with van der Waals surface area (Å²) in [6, 6.07) is 4.66. The molecular formula is C15H22N2O5. The van der Waals surface area contributed by atoms with Crippen molar-refractivity contribution in [2.75, 3.05) is 26.0 Å². The summed E-state index contributed by atoms with van der Waals surface area (Å²) in [6.45, 7) is 5.89. The number of rotatable bonds is 5. The fourth-order valence-corrected chi connectivity index (χ4v) is 1.56. The Morgan fingerprint density at radius 1 is 1.27 bits per heavy atom. The highest BCUT2D eigenvalue weighted by molar-refractivity contribution is 5.95. The highest BCUT2D eigenvalue weighted by atomic mass is 16.6. The zero-order valence-electron chi connectivity index (χ0n) is 13.3. The molecule has 0 saturated carbocycles. The predicted octanol–water partition coefficient (Wildman–Crippen LogP) is 1.96. The van der Waals surface area contributed by atoms with Gasteiger partial charge in [-0.2, -0.15) is 0 Å². The lowest BCUT2D eigenvalue weighted by Gasteiger charge is -2.19. The molecule has 0 heterocycles. The fourth-order valence-electron chi connectivity index (χ4n) is 1.56. The maximum Gasteiger partial charge on any atom is 0.407 e. The summed E-state index contributed by atoms with van der Waals surface area (Å²) >= 11 is 0. The first kappa shape index (κ1) is 17.6. The minimum absolute atomic E-state index is 0.246. The van der Waals surface area contributed by atoms with E-state index in [1.165, 1.54) is 19.2 Å².